The number of thiophene rings is 1. The van der Waals surface area contributed by atoms with E-state index in [1.54, 1.807) is 23.1 Å². The molecule has 0 aliphatic carbocycles. The highest BCUT2D eigenvalue weighted by molar-refractivity contribution is 7.98. The first kappa shape index (κ1) is 19.6. The monoisotopic (exact) mass is 405 g/mol. The van der Waals surface area contributed by atoms with Crippen LogP contribution in [0.15, 0.2) is 28.7 Å². The number of aromatic nitrogens is 5. The molecule has 0 fully saturated rings. The third-order valence-corrected chi connectivity index (χ3v) is 5.40. The van der Waals surface area contributed by atoms with Gasteiger partial charge in [-0.25, -0.2) is 0 Å². The molecule has 10 heteroatoms. The average molecular weight is 406 g/mol. The Kier molecular flexibility index (Phi) is 7.02. The van der Waals surface area contributed by atoms with Crippen molar-refractivity contribution in [3.63, 3.8) is 0 Å². The molecule has 0 amide bonds. The molecule has 0 unspecified atom stereocenters. The van der Waals surface area contributed by atoms with Gasteiger partial charge in [0, 0.05) is 28.9 Å². The lowest BCUT2D eigenvalue weighted by atomic mass is 10.4. The normalized spacial score (nSPS) is 11.1. The highest BCUT2D eigenvalue weighted by Crippen LogP contribution is 2.25. The molecule has 3 rings (SSSR count). The second kappa shape index (κ2) is 9.67. The van der Waals surface area contributed by atoms with E-state index in [9.17, 15) is 0 Å². The smallest absolute Gasteiger partial charge is 0.322 e. The molecule has 144 valence electrons. The molecule has 8 nitrogen and oxygen atoms in total. The van der Waals surface area contributed by atoms with Crippen molar-refractivity contribution in [2.75, 3.05) is 32.6 Å². The first-order valence-corrected chi connectivity index (χ1v) is 10.4. The molecule has 0 aliphatic heterocycles. The number of aryl methyl sites for hydroxylation is 1. The Labute approximate surface area is 166 Å². The lowest BCUT2D eigenvalue weighted by Crippen LogP contribution is -2.16. The van der Waals surface area contributed by atoms with Crippen molar-refractivity contribution >= 4 is 34.9 Å². The van der Waals surface area contributed by atoms with Crippen LogP contribution in [0.25, 0.3) is 0 Å². The predicted octanol–water partition coefficient (Wildman–Crippen LogP) is 3.33. The van der Waals surface area contributed by atoms with E-state index in [0.717, 1.165) is 24.4 Å². The summed E-state index contributed by atoms with van der Waals surface area (Å²) in [5, 5.41) is 12.8. The van der Waals surface area contributed by atoms with Crippen LogP contribution in [0.4, 0.5) is 11.8 Å². The van der Waals surface area contributed by atoms with Crippen LogP contribution >= 0.6 is 23.1 Å². The van der Waals surface area contributed by atoms with Crippen molar-refractivity contribution in [3.05, 3.63) is 34.2 Å². The summed E-state index contributed by atoms with van der Waals surface area (Å²) in [5.41, 5.74) is 0.957. The lowest BCUT2D eigenvalue weighted by molar-refractivity contribution is 0.261. The van der Waals surface area contributed by atoms with Gasteiger partial charge in [-0.15, -0.1) is 11.3 Å². The molecule has 0 saturated carbocycles. The van der Waals surface area contributed by atoms with E-state index in [2.05, 4.69) is 46.8 Å². The Bertz CT molecular complexity index is 836. The molecule has 0 aromatic carbocycles. The van der Waals surface area contributed by atoms with Crippen molar-refractivity contribution in [1.82, 2.24) is 30.0 Å². The van der Waals surface area contributed by atoms with Crippen molar-refractivity contribution in [2.24, 2.45) is 0 Å². The van der Waals surface area contributed by atoms with Crippen LogP contribution in [0.2, 0.25) is 0 Å². The first-order valence-electron chi connectivity index (χ1n) is 8.56. The van der Waals surface area contributed by atoms with Gasteiger partial charge in [-0.05, 0) is 38.9 Å². The quantitative estimate of drug-likeness (QED) is 0.392. The van der Waals surface area contributed by atoms with E-state index in [0.29, 0.717) is 29.5 Å². The minimum absolute atomic E-state index is 0.326. The van der Waals surface area contributed by atoms with E-state index in [-0.39, 0.29) is 0 Å². The number of thioether (sulfide) groups is 1. The average Bonchev–Trinajstić information content (AvgIpc) is 3.28. The molecule has 3 heterocycles. The Morgan fingerprint density at radius 1 is 1.30 bits per heavy atom. The first-order chi connectivity index (χ1) is 13.1. The number of rotatable bonds is 10. The molecule has 3 aromatic rings. The number of aromatic amines is 1. The Hall–Kier alpha value is -2.17. The van der Waals surface area contributed by atoms with Gasteiger partial charge in [0.1, 0.15) is 0 Å². The molecular formula is C17H23N7OS2. The minimum atomic E-state index is 0.326. The highest BCUT2D eigenvalue weighted by atomic mass is 32.2. The molecule has 2 N–H and O–H groups in total. The molecule has 3 aromatic heterocycles. The van der Waals surface area contributed by atoms with Crippen molar-refractivity contribution < 1.29 is 4.74 Å². The zero-order valence-electron chi connectivity index (χ0n) is 15.6. The summed E-state index contributed by atoms with van der Waals surface area (Å²) in [6.07, 6.45) is 0.900. The fraction of sp³-hybridized carbons (Fsp3) is 0.412. The van der Waals surface area contributed by atoms with Gasteiger partial charge in [0.2, 0.25) is 5.95 Å². The summed E-state index contributed by atoms with van der Waals surface area (Å²) in [6, 6.07) is 6.36. The zero-order valence-corrected chi connectivity index (χ0v) is 17.2. The SMILES string of the molecule is Cc1cc(Nc2nc(OCCCN(C)C)nc(SCc3cccs3)n2)n[nH]1. The van der Waals surface area contributed by atoms with Crippen LogP contribution in [-0.4, -0.2) is 57.3 Å². The van der Waals surface area contributed by atoms with Crippen LogP contribution in [0.3, 0.4) is 0 Å². The molecule has 0 aliphatic rings. The van der Waals surface area contributed by atoms with Gasteiger partial charge in [0.25, 0.3) is 0 Å². The zero-order chi connectivity index (χ0) is 19.1. The molecule has 0 spiro atoms. The van der Waals surface area contributed by atoms with Gasteiger partial charge in [-0.3, -0.25) is 5.10 Å². The summed E-state index contributed by atoms with van der Waals surface area (Å²) in [4.78, 5) is 16.7. The highest BCUT2D eigenvalue weighted by Gasteiger charge is 2.10. The van der Waals surface area contributed by atoms with Gasteiger partial charge in [0.15, 0.2) is 11.0 Å². The van der Waals surface area contributed by atoms with Crippen LogP contribution in [0, 0.1) is 6.92 Å². The maximum atomic E-state index is 5.75. The molecular weight excluding hydrogens is 382 g/mol. The molecule has 0 bridgehead atoms. The Morgan fingerprint density at radius 2 is 2.19 bits per heavy atom. The largest absolute Gasteiger partial charge is 0.463 e. The predicted molar refractivity (Wildman–Crippen MR) is 109 cm³/mol. The second-order valence-corrected chi connectivity index (χ2v) is 8.13. The van der Waals surface area contributed by atoms with Gasteiger partial charge in [0.05, 0.1) is 6.61 Å². The Morgan fingerprint density at radius 3 is 2.89 bits per heavy atom. The van der Waals surface area contributed by atoms with Crippen LogP contribution in [0.1, 0.15) is 17.0 Å². The van der Waals surface area contributed by atoms with Crippen molar-refractivity contribution in [2.45, 2.75) is 24.3 Å². The third kappa shape index (κ3) is 6.49. The molecule has 0 saturated heterocycles. The van der Waals surface area contributed by atoms with Crippen molar-refractivity contribution in [1.29, 1.82) is 0 Å². The van der Waals surface area contributed by atoms with Crippen LogP contribution < -0.4 is 10.1 Å². The van der Waals surface area contributed by atoms with E-state index in [4.69, 9.17) is 4.74 Å². The number of hydrogen-bond acceptors (Lipinski definition) is 9. The molecule has 0 radical (unpaired) electrons. The molecule has 27 heavy (non-hydrogen) atoms. The summed E-state index contributed by atoms with van der Waals surface area (Å²) in [5.74, 6) is 1.89. The third-order valence-electron chi connectivity index (χ3n) is 3.44. The van der Waals surface area contributed by atoms with Gasteiger partial charge in [-0.1, -0.05) is 17.8 Å². The van der Waals surface area contributed by atoms with E-state index >= 15 is 0 Å². The number of nitrogens with zero attached hydrogens (tertiary/aromatic N) is 5. The minimum Gasteiger partial charge on any atom is -0.463 e. The summed E-state index contributed by atoms with van der Waals surface area (Å²) in [7, 11) is 4.08. The summed E-state index contributed by atoms with van der Waals surface area (Å²) in [6.45, 7) is 3.44. The number of nitrogens with one attached hydrogen (secondary N) is 2. The van der Waals surface area contributed by atoms with Gasteiger partial charge in [-0.2, -0.15) is 20.1 Å². The van der Waals surface area contributed by atoms with E-state index < -0.39 is 0 Å². The van der Waals surface area contributed by atoms with Crippen LogP contribution in [-0.2, 0) is 5.75 Å². The second-order valence-electron chi connectivity index (χ2n) is 6.16. The van der Waals surface area contributed by atoms with E-state index in [1.165, 1.54) is 4.88 Å². The standard InChI is InChI=1S/C17H23N7OS2/c1-12-10-14(23-22-12)18-15-19-16(25-8-5-7-24(2)3)21-17(20-15)27-11-13-6-4-9-26-13/h4,6,9-10H,5,7-8,11H2,1-3H3,(H2,18,19,20,21,22,23). The lowest BCUT2D eigenvalue weighted by Gasteiger charge is -2.10. The van der Waals surface area contributed by atoms with Crippen molar-refractivity contribution in [3.8, 4) is 6.01 Å². The number of H-pyrrole nitrogens is 1. The number of hydrogen-bond donors (Lipinski definition) is 2. The fourth-order valence-electron chi connectivity index (χ4n) is 2.19. The van der Waals surface area contributed by atoms with Gasteiger partial charge < -0.3 is 15.0 Å². The van der Waals surface area contributed by atoms with Crippen LogP contribution in [0.5, 0.6) is 6.01 Å². The Balaban J connectivity index is 1.69. The summed E-state index contributed by atoms with van der Waals surface area (Å²) < 4.78 is 5.75. The topological polar surface area (TPSA) is 91.8 Å². The maximum Gasteiger partial charge on any atom is 0.322 e. The number of anilines is 2. The maximum absolute atomic E-state index is 5.75. The summed E-state index contributed by atoms with van der Waals surface area (Å²) >= 11 is 3.28. The van der Waals surface area contributed by atoms with Gasteiger partial charge >= 0.3 is 6.01 Å². The van der Waals surface area contributed by atoms with E-state index in [1.807, 2.05) is 33.2 Å². The molecule has 0 atom stereocenters. The number of ether oxygens (including phenoxy) is 1. The fourth-order valence-corrected chi connectivity index (χ4v) is 3.79.